The van der Waals surface area contributed by atoms with Crippen LogP contribution >= 0.6 is 0 Å². The van der Waals surface area contributed by atoms with Crippen LogP contribution in [-0.2, 0) is 4.79 Å². The number of hydrogen-bond donors (Lipinski definition) is 0. The second-order valence-corrected chi connectivity index (χ2v) is 7.41. The molecule has 1 amide bonds. The Morgan fingerprint density at radius 2 is 2.06 bits per heavy atom. The number of fused-ring (bicyclic) bond motifs is 3. The standard InChI is InChI=1S/C15H23NO/c1-15-7-11(8-15)9-16(15)14(17)6-13-5-10-2-3-12(13)4-10/h10-13H,2-9H2,1H3. The monoisotopic (exact) mass is 233 g/mol. The summed E-state index contributed by atoms with van der Waals surface area (Å²) < 4.78 is 0. The third-order valence-electron chi connectivity index (χ3n) is 6.17. The molecule has 2 heterocycles. The minimum absolute atomic E-state index is 0.263. The van der Waals surface area contributed by atoms with E-state index in [-0.39, 0.29) is 5.54 Å². The van der Waals surface area contributed by atoms with Crippen molar-refractivity contribution < 1.29 is 4.79 Å². The van der Waals surface area contributed by atoms with Crippen LogP contribution in [0.1, 0.15) is 51.9 Å². The van der Waals surface area contributed by atoms with E-state index in [1.54, 1.807) is 0 Å². The first-order valence-electron chi connectivity index (χ1n) is 7.44. The van der Waals surface area contributed by atoms with Gasteiger partial charge in [-0.25, -0.2) is 0 Å². The lowest BCUT2D eigenvalue weighted by Crippen LogP contribution is -2.46. The Labute approximate surface area is 104 Å². The van der Waals surface area contributed by atoms with Crippen molar-refractivity contribution in [2.24, 2.45) is 23.7 Å². The van der Waals surface area contributed by atoms with Gasteiger partial charge in [-0.2, -0.15) is 0 Å². The van der Waals surface area contributed by atoms with E-state index in [2.05, 4.69) is 11.8 Å². The third kappa shape index (κ3) is 1.42. The SMILES string of the molecule is CC12CC(CN1C(=O)CC1CC3CCC1C3)C2. The number of carbonyl (C=O) groups is 1. The molecule has 0 radical (unpaired) electrons. The van der Waals surface area contributed by atoms with E-state index in [1.165, 1.54) is 38.5 Å². The molecular weight excluding hydrogens is 210 g/mol. The molecule has 0 aromatic rings. The first-order valence-corrected chi connectivity index (χ1v) is 7.44. The molecule has 5 aliphatic rings. The topological polar surface area (TPSA) is 20.3 Å². The summed E-state index contributed by atoms with van der Waals surface area (Å²) in [5, 5.41) is 0. The Morgan fingerprint density at radius 3 is 2.59 bits per heavy atom. The van der Waals surface area contributed by atoms with E-state index in [4.69, 9.17) is 0 Å². The smallest absolute Gasteiger partial charge is 0.223 e. The first-order chi connectivity index (χ1) is 8.14. The molecule has 3 saturated carbocycles. The van der Waals surface area contributed by atoms with Gasteiger partial charge < -0.3 is 4.90 Å². The van der Waals surface area contributed by atoms with Crippen molar-refractivity contribution in [2.75, 3.05) is 6.54 Å². The lowest BCUT2D eigenvalue weighted by molar-refractivity contribution is -0.135. The van der Waals surface area contributed by atoms with Crippen LogP contribution in [0.2, 0.25) is 0 Å². The average Bonchev–Trinajstić information content (AvgIpc) is 2.93. The predicted molar refractivity (Wildman–Crippen MR) is 66.4 cm³/mol. The number of amides is 1. The molecule has 3 unspecified atom stereocenters. The zero-order valence-electron chi connectivity index (χ0n) is 10.8. The minimum atomic E-state index is 0.263. The minimum Gasteiger partial charge on any atom is -0.337 e. The summed E-state index contributed by atoms with van der Waals surface area (Å²) in [7, 11) is 0. The van der Waals surface area contributed by atoms with Gasteiger partial charge in [0.15, 0.2) is 0 Å². The molecule has 0 spiro atoms. The molecule has 0 aromatic carbocycles. The zero-order chi connectivity index (χ0) is 11.6. The fourth-order valence-corrected chi connectivity index (χ4v) is 5.38. The Kier molecular flexibility index (Phi) is 2.00. The maximum atomic E-state index is 12.4. The molecule has 5 fully saturated rings. The summed E-state index contributed by atoms with van der Waals surface area (Å²) in [6.45, 7) is 3.35. The van der Waals surface area contributed by atoms with E-state index in [0.29, 0.717) is 5.91 Å². The zero-order valence-corrected chi connectivity index (χ0v) is 10.8. The molecule has 0 aromatic heterocycles. The maximum absolute atomic E-state index is 12.4. The van der Waals surface area contributed by atoms with Crippen molar-refractivity contribution in [2.45, 2.75) is 57.4 Å². The lowest BCUT2D eigenvalue weighted by Gasteiger charge is -2.39. The van der Waals surface area contributed by atoms with E-state index in [0.717, 1.165) is 36.6 Å². The van der Waals surface area contributed by atoms with Crippen molar-refractivity contribution in [1.82, 2.24) is 4.90 Å². The van der Waals surface area contributed by atoms with E-state index in [9.17, 15) is 4.79 Å². The number of rotatable bonds is 2. The van der Waals surface area contributed by atoms with Gasteiger partial charge in [0.2, 0.25) is 5.91 Å². The summed E-state index contributed by atoms with van der Waals surface area (Å²) in [4.78, 5) is 14.7. The fraction of sp³-hybridized carbons (Fsp3) is 0.933. The van der Waals surface area contributed by atoms with Gasteiger partial charge in [0.25, 0.3) is 0 Å². The molecule has 0 N–H and O–H groups in total. The number of nitrogens with zero attached hydrogens (tertiary/aromatic N) is 1. The maximum Gasteiger partial charge on any atom is 0.223 e. The predicted octanol–water partition coefficient (Wildman–Crippen LogP) is 2.82. The number of hydrogen-bond acceptors (Lipinski definition) is 1. The highest BCUT2D eigenvalue weighted by Gasteiger charge is 2.54. The Hall–Kier alpha value is -0.530. The second kappa shape index (κ2) is 3.27. The van der Waals surface area contributed by atoms with Crippen molar-refractivity contribution in [3.63, 3.8) is 0 Å². The highest BCUT2D eigenvalue weighted by Crippen LogP contribution is 2.52. The largest absolute Gasteiger partial charge is 0.337 e. The van der Waals surface area contributed by atoms with Gasteiger partial charge in [0.05, 0.1) is 0 Å². The van der Waals surface area contributed by atoms with Gasteiger partial charge in [-0.15, -0.1) is 0 Å². The molecule has 94 valence electrons. The van der Waals surface area contributed by atoms with Gasteiger partial charge in [-0.05, 0) is 62.7 Å². The molecule has 17 heavy (non-hydrogen) atoms. The molecule has 3 atom stereocenters. The first kappa shape index (κ1) is 10.4. The van der Waals surface area contributed by atoms with Gasteiger partial charge in [-0.3, -0.25) is 4.79 Å². The highest BCUT2D eigenvalue weighted by molar-refractivity contribution is 5.78. The number of carbonyl (C=O) groups excluding carboxylic acids is 1. The van der Waals surface area contributed by atoms with Crippen molar-refractivity contribution in [3.8, 4) is 0 Å². The Morgan fingerprint density at radius 1 is 1.24 bits per heavy atom. The van der Waals surface area contributed by atoms with Crippen LogP contribution in [-0.4, -0.2) is 22.9 Å². The lowest BCUT2D eigenvalue weighted by atomic mass is 9.75. The van der Waals surface area contributed by atoms with Crippen molar-refractivity contribution >= 4 is 5.91 Å². The van der Waals surface area contributed by atoms with Crippen LogP contribution in [0, 0.1) is 23.7 Å². The summed E-state index contributed by atoms with van der Waals surface area (Å²) in [5.74, 6) is 3.92. The van der Waals surface area contributed by atoms with E-state index >= 15 is 0 Å². The third-order valence-corrected chi connectivity index (χ3v) is 6.17. The molecular formula is C15H23NO. The van der Waals surface area contributed by atoms with Crippen molar-refractivity contribution in [1.29, 1.82) is 0 Å². The van der Waals surface area contributed by atoms with Crippen LogP contribution in [0.3, 0.4) is 0 Å². The summed E-state index contributed by atoms with van der Waals surface area (Å²) in [5.41, 5.74) is 0.263. The normalized spacial score (nSPS) is 50.8. The molecule has 2 saturated heterocycles. The molecule has 2 aliphatic heterocycles. The summed E-state index contributed by atoms with van der Waals surface area (Å²) in [6.07, 6.45) is 9.04. The molecule has 2 heteroatoms. The molecule has 5 rings (SSSR count). The molecule has 2 nitrogen and oxygen atoms in total. The van der Waals surface area contributed by atoms with Gasteiger partial charge in [0, 0.05) is 18.5 Å². The van der Waals surface area contributed by atoms with E-state index < -0.39 is 0 Å². The fourth-order valence-electron chi connectivity index (χ4n) is 5.38. The Balaban J connectivity index is 1.41. The second-order valence-electron chi connectivity index (χ2n) is 7.41. The van der Waals surface area contributed by atoms with Crippen LogP contribution < -0.4 is 0 Å². The van der Waals surface area contributed by atoms with Gasteiger partial charge >= 0.3 is 0 Å². The summed E-state index contributed by atoms with van der Waals surface area (Å²) in [6, 6.07) is 0. The Bertz CT molecular complexity index is 358. The van der Waals surface area contributed by atoms with E-state index in [1.807, 2.05) is 0 Å². The summed E-state index contributed by atoms with van der Waals surface area (Å²) >= 11 is 0. The highest BCUT2D eigenvalue weighted by atomic mass is 16.2. The molecule has 4 bridgehead atoms. The van der Waals surface area contributed by atoms with Crippen LogP contribution in [0.25, 0.3) is 0 Å². The van der Waals surface area contributed by atoms with Crippen molar-refractivity contribution in [3.05, 3.63) is 0 Å². The van der Waals surface area contributed by atoms with Crippen LogP contribution in [0.4, 0.5) is 0 Å². The van der Waals surface area contributed by atoms with Crippen LogP contribution in [0.5, 0.6) is 0 Å². The van der Waals surface area contributed by atoms with Gasteiger partial charge in [-0.1, -0.05) is 6.42 Å². The quantitative estimate of drug-likeness (QED) is 0.718. The molecule has 3 aliphatic carbocycles. The van der Waals surface area contributed by atoms with Crippen LogP contribution in [0.15, 0.2) is 0 Å². The average molecular weight is 233 g/mol. The van der Waals surface area contributed by atoms with Gasteiger partial charge in [0.1, 0.15) is 0 Å².